The number of aliphatic carboxylic acids is 1. The van der Waals surface area contributed by atoms with E-state index in [2.05, 4.69) is 19.2 Å². The van der Waals surface area contributed by atoms with Crippen molar-refractivity contribution < 1.29 is 14.7 Å². The Balaban J connectivity index is 0. The molecule has 0 aliphatic carbocycles. The third-order valence-corrected chi connectivity index (χ3v) is 1.34. The van der Waals surface area contributed by atoms with Crippen molar-refractivity contribution >= 4 is 24.4 Å². The van der Waals surface area contributed by atoms with Crippen LogP contribution in [0, 0.1) is 0 Å². The molecule has 1 unspecified atom stereocenters. The first-order valence-corrected chi connectivity index (χ1v) is 3.07. The Bertz CT molecular complexity index is 190. The third kappa shape index (κ3) is 3.79. The van der Waals surface area contributed by atoms with Crippen molar-refractivity contribution in [2.75, 3.05) is 0 Å². The second kappa shape index (κ2) is 4.92. The van der Waals surface area contributed by atoms with E-state index in [4.69, 9.17) is 0 Å². The average molecular weight is 177 g/mol. The van der Waals surface area contributed by atoms with Crippen molar-refractivity contribution in [1.82, 2.24) is 6.15 Å². The molecule has 0 fully saturated rings. The van der Waals surface area contributed by atoms with Gasteiger partial charge in [-0.25, -0.2) is 0 Å². The largest absolute Gasteiger partial charge is 0.548 e. The van der Waals surface area contributed by atoms with Gasteiger partial charge in [0.1, 0.15) is 5.25 Å². The highest BCUT2D eigenvalue weighted by molar-refractivity contribution is 7.82. The lowest BCUT2D eigenvalue weighted by Crippen LogP contribution is -2.37. The second-order valence-corrected chi connectivity index (χ2v) is 2.38. The number of rotatable bonds is 3. The van der Waals surface area contributed by atoms with Crippen LogP contribution in [0.3, 0.4) is 0 Å². The first-order chi connectivity index (χ1) is 4.46. The first kappa shape index (κ1) is 12.8. The predicted octanol–water partition coefficient (Wildman–Crippen LogP) is -0.444. The summed E-state index contributed by atoms with van der Waals surface area (Å²) in [4.78, 5) is 20.7. The van der Waals surface area contributed by atoms with Crippen LogP contribution in [0.25, 0.3) is 0 Å². The lowest BCUT2D eigenvalue weighted by molar-refractivity contribution is -0.303. The van der Waals surface area contributed by atoms with E-state index in [-0.39, 0.29) is 11.7 Å². The van der Waals surface area contributed by atoms with E-state index in [0.717, 1.165) is 0 Å². The van der Waals surface area contributed by atoms with E-state index >= 15 is 0 Å². The van der Waals surface area contributed by atoms with Crippen molar-refractivity contribution in [2.45, 2.75) is 12.2 Å². The monoisotopic (exact) mass is 177 g/mol. The minimum absolute atomic E-state index is 0. The number of carboxylic acids is 1. The van der Waals surface area contributed by atoms with Gasteiger partial charge in [-0.1, -0.05) is 6.58 Å². The number of hydrogen-bond donors (Lipinski definition) is 2. The van der Waals surface area contributed by atoms with Crippen LogP contribution < -0.4 is 11.3 Å². The molecule has 0 spiro atoms. The maximum Gasteiger partial charge on any atom is 0.176 e. The molecule has 0 aromatic heterocycles. The quantitative estimate of drug-likeness (QED) is 0.347. The molecule has 0 saturated heterocycles. The highest BCUT2D eigenvalue weighted by atomic mass is 32.1. The standard InChI is InChI=1S/C6H8O3S.H3N/c1-3(2)4(7)5(10)6(8)9;/h5,10H,1H2,2H3,(H,8,9);1H3. The highest BCUT2D eigenvalue weighted by Crippen LogP contribution is 2.01. The molecular formula is C6H11NO3S. The summed E-state index contributed by atoms with van der Waals surface area (Å²) in [5.74, 6) is -2.10. The summed E-state index contributed by atoms with van der Waals surface area (Å²) in [5.41, 5.74) is 0.171. The molecule has 0 aliphatic rings. The fraction of sp³-hybridized carbons (Fsp3) is 0.333. The van der Waals surface area contributed by atoms with Gasteiger partial charge in [-0.15, -0.1) is 0 Å². The van der Waals surface area contributed by atoms with Gasteiger partial charge in [-0.05, 0) is 12.5 Å². The van der Waals surface area contributed by atoms with Gasteiger partial charge < -0.3 is 16.1 Å². The average Bonchev–Trinajstić information content (AvgIpc) is 1.84. The summed E-state index contributed by atoms with van der Waals surface area (Å²) in [5, 5.41) is 8.62. The minimum atomic E-state index is -1.49. The smallest absolute Gasteiger partial charge is 0.176 e. The Morgan fingerprint density at radius 1 is 1.55 bits per heavy atom. The molecule has 1 atom stereocenters. The van der Waals surface area contributed by atoms with E-state index in [9.17, 15) is 14.7 Å². The number of carbonyl (C=O) groups is 2. The van der Waals surface area contributed by atoms with Crippen LogP contribution in [0.1, 0.15) is 6.92 Å². The third-order valence-electron chi connectivity index (χ3n) is 0.892. The molecule has 0 aliphatic heterocycles. The number of ketones is 1. The summed E-state index contributed by atoms with van der Waals surface area (Å²) in [6.45, 7) is 4.69. The van der Waals surface area contributed by atoms with Crippen molar-refractivity contribution in [2.24, 2.45) is 0 Å². The van der Waals surface area contributed by atoms with Crippen LogP contribution in [-0.2, 0) is 9.59 Å². The zero-order chi connectivity index (χ0) is 8.31. The van der Waals surface area contributed by atoms with Crippen molar-refractivity contribution in [3.8, 4) is 0 Å². The number of hydrogen-bond acceptors (Lipinski definition) is 4. The van der Waals surface area contributed by atoms with Gasteiger partial charge >= 0.3 is 0 Å². The molecule has 0 aromatic rings. The van der Waals surface area contributed by atoms with E-state index < -0.39 is 17.0 Å². The van der Waals surface area contributed by atoms with Crippen LogP contribution in [-0.4, -0.2) is 17.0 Å². The van der Waals surface area contributed by atoms with E-state index in [1.165, 1.54) is 6.92 Å². The Kier molecular flexibility index (Phi) is 5.74. The Morgan fingerprint density at radius 3 is 2.00 bits per heavy atom. The number of thiol groups is 1. The van der Waals surface area contributed by atoms with Crippen molar-refractivity contribution in [1.29, 1.82) is 0 Å². The summed E-state index contributed by atoms with van der Waals surface area (Å²) in [6, 6.07) is 0. The zero-order valence-electron chi connectivity index (χ0n) is 6.46. The Morgan fingerprint density at radius 2 is 1.91 bits per heavy atom. The lowest BCUT2D eigenvalue weighted by atomic mass is 10.1. The fourth-order valence-corrected chi connectivity index (χ4v) is 0.561. The number of Topliss-reactive ketones (excluding diaryl/α,β-unsaturated/α-hetero) is 1. The normalized spacial score (nSPS) is 11.1. The fourth-order valence-electron chi connectivity index (χ4n) is 0.340. The van der Waals surface area contributed by atoms with E-state index in [1.807, 2.05) is 0 Å². The molecule has 64 valence electrons. The molecule has 5 heteroatoms. The molecule has 0 aromatic carbocycles. The minimum Gasteiger partial charge on any atom is -0.548 e. The molecule has 0 rings (SSSR count). The number of quaternary nitrogens is 1. The Labute approximate surface area is 70.3 Å². The summed E-state index contributed by atoms with van der Waals surface area (Å²) < 4.78 is 0. The number of allylic oxidation sites excluding steroid dienone is 1. The van der Waals surface area contributed by atoms with Crippen LogP contribution >= 0.6 is 12.6 Å². The van der Waals surface area contributed by atoms with Crippen LogP contribution in [0.15, 0.2) is 12.2 Å². The van der Waals surface area contributed by atoms with E-state index in [1.54, 1.807) is 0 Å². The van der Waals surface area contributed by atoms with Gasteiger partial charge in [0.15, 0.2) is 5.78 Å². The highest BCUT2D eigenvalue weighted by Gasteiger charge is 2.14. The first-order valence-electron chi connectivity index (χ1n) is 2.55. The Hall–Kier alpha value is -0.810. The van der Waals surface area contributed by atoms with Gasteiger partial charge in [-0.3, -0.25) is 4.79 Å². The van der Waals surface area contributed by atoms with Crippen molar-refractivity contribution in [3.63, 3.8) is 0 Å². The topological polar surface area (TPSA) is 93.7 Å². The zero-order valence-corrected chi connectivity index (χ0v) is 7.35. The van der Waals surface area contributed by atoms with Crippen molar-refractivity contribution in [3.05, 3.63) is 12.2 Å². The molecular weight excluding hydrogens is 166 g/mol. The van der Waals surface area contributed by atoms with Crippen LogP contribution in [0.4, 0.5) is 0 Å². The van der Waals surface area contributed by atoms with Gasteiger partial charge in [-0.2, -0.15) is 12.6 Å². The SMILES string of the molecule is C=C(C)C(=O)C(S)C(=O)[O-].[NH4+]. The maximum atomic E-state index is 10.7. The van der Waals surface area contributed by atoms with Gasteiger partial charge in [0.05, 0.1) is 5.97 Å². The second-order valence-electron chi connectivity index (χ2n) is 1.87. The lowest BCUT2D eigenvalue weighted by Gasteiger charge is -2.08. The molecule has 0 amide bonds. The molecule has 0 bridgehead atoms. The van der Waals surface area contributed by atoms with E-state index in [0.29, 0.717) is 0 Å². The molecule has 0 saturated carbocycles. The molecule has 0 heterocycles. The summed E-state index contributed by atoms with van der Waals surface area (Å²) in [6.07, 6.45) is 0. The van der Waals surface area contributed by atoms with Gasteiger partial charge in [0.2, 0.25) is 0 Å². The number of carboxylic acid groups (broad SMARTS) is 1. The van der Waals surface area contributed by atoms with Crippen LogP contribution in [0.5, 0.6) is 0 Å². The summed E-state index contributed by atoms with van der Waals surface area (Å²) >= 11 is 3.49. The van der Waals surface area contributed by atoms with Crippen LogP contribution in [0.2, 0.25) is 0 Å². The molecule has 4 nitrogen and oxygen atoms in total. The predicted molar refractivity (Wildman–Crippen MR) is 43.6 cm³/mol. The molecule has 11 heavy (non-hydrogen) atoms. The molecule has 0 radical (unpaired) electrons. The van der Waals surface area contributed by atoms with Gasteiger partial charge in [0, 0.05) is 0 Å². The molecule has 4 N–H and O–H groups in total. The number of carbonyl (C=O) groups excluding carboxylic acids is 2. The maximum absolute atomic E-state index is 10.7. The summed E-state index contributed by atoms with van der Waals surface area (Å²) in [7, 11) is 0. The van der Waals surface area contributed by atoms with Gasteiger partial charge in [0.25, 0.3) is 0 Å².